The molecule has 0 aliphatic heterocycles. The number of hydrogen-bond acceptors (Lipinski definition) is 11. The van der Waals surface area contributed by atoms with E-state index in [1.54, 1.807) is 0 Å². The monoisotopic (exact) mass is 782 g/mol. The fraction of sp³-hybridized carbons (Fsp3) is 0.578. The lowest BCUT2D eigenvalue weighted by atomic mass is 9.80. The topological polar surface area (TPSA) is 109 Å². The molecule has 0 radical (unpaired) electrons. The van der Waals surface area contributed by atoms with Crippen LogP contribution in [0.25, 0.3) is 0 Å². The highest BCUT2D eigenvalue weighted by molar-refractivity contribution is 5.72. The van der Waals surface area contributed by atoms with E-state index in [9.17, 15) is 4.79 Å². The molecular weight excluding hydrogens is 716 g/mol. The number of benzene rings is 3. The predicted molar refractivity (Wildman–Crippen MR) is 216 cm³/mol. The van der Waals surface area contributed by atoms with Crippen molar-refractivity contribution in [1.29, 1.82) is 0 Å². The third-order valence-corrected chi connectivity index (χ3v) is 8.90. The Balaban J connectivity index is 1.07. The molecule has 3 rings (SSSR count). The number of rotatable bonds is 36. The minimum atomic E-state index is -0.754. The summed E-state index contributed by atoms with van der Waals surface area (Å²) in [6.45, 7) is 12.4. The van der Waals surface area contributed by atoms with Gasteiger partial charge in [-0.05, 0) is 29.5 Å². The van der Waals surface area contributed by atoms with Crippen LogP contribution in [0.1, 0.15) is 56.2 Å². The Hall–Kier alpha value is -3.23. The SMILES string of the molecule is CCCCC(CC)C(=O)OCCOCCOCCOCCOCCOCCOCCOCCOCCOC(c1ccccc1)(c1ccccc1)c1ccccc1. The van der Waals surface area contributed by atoms with Crippen LogP contribution in [0.2, 0.25) is 0 Å². The molecule has 3 aromatic carbocycles. The average molecular weight is 783 g/mol. The largest absolute Gasteiger partial charge is 0.463 e. The zero-order chi connectivity index (χ0) is 39.6. The molecule has 11 nitrogen and oxygen atoms in total. The molecule has 0 heterocycles. The van der Waals surface area contributed by atoms with E-state index in [0.717, 1.165) is 42.4 Å². The number of hydrogen-bond donors (Lipinski definition) is 0. The van der Waals surface area contributed by atoms with Crippen molar-refractivity contribution in [2.45, 2.75) is 45.1 Å². The molecule has 312 valence electrons. The normalized spacial score (nSPS) is 12.2. The van der Waals surface area contributed by atoms with Gasteiger partial charge in [0.15, 0.2) is 0 Å². The minimum absolute atomic E-state index is 0.00705. The number of esters is 1. The zero-order valence-corrected chi connectivity index (χ0v) is 33.8. The third kappa shape index (κ3) is 19.3. The highest BCUT2D eigenvalue weighted by Crippen LogP contribution is 2.40. The Labute approximate surface area is 335 Å². The van der Waals surface area contributed by atoms with E-state index in [2.05, 4.69) is 43.3 Å². The van der Waals surface area contributed by atoms with E-state index in [0.29, 0.717) is 112 Å². The maximum Gasteiger partial charge on any atom is 0.308 e. The molecule has 0 saturated carbocycles. The predicted octanol–water partition coefficient (Wildman–Crippen LogP) is 6.89. The summed E-state index contributed by atoms with van der Waals surface area (Å²) in [6.07, 6.45) is 3.83. The van der Waals surface area contributed by atoms with Crippen molar-refractivity contribution >= 4 is 5.97 Å². The van der Waals surface area contributed by atoms with Gasteiger partial charge in [0.2, 0.25) is 0 Å². The van der Waals surface area contributed by atoms with Crippen molar-refractivity contribution in [3.63, 3.8) is 0 Å². The quantitative estimate of drug-likeness (QED) is 0.0350. The Morgan fingerprint density at radius 3 is 1.05 bits per heavy atom. The lowest BCUT2D eigenvalue weighted by Crippen LogP contribution is -2.34. The van der Waals surface area contributed by atoms with E-state index < -0.39 is 5.60 Å². The molecule has 0 bridgehead atoms. The second-order valence-corrected chi connectivity index (χ2v) is 12.9. The molecule has 3 aromatic rings. The molecule has 56 heavy (non-hydrogen) atoms. The smallest absolute Gasteiger partial charge is 0.308 e. The van der Waals surface area contributed by atoms with Gasteiger partial charge >= 0.3 is 5.97 Å². The van der Waals surface area contributed by atoms with Crippen LogP contribution in [0.3, 0.4) is 0 Å². The van der Waals surface area contributed by atoms with Gasteiger partial charge in [0.1, 0.15) is 12.2 Å². The van der Waals surface area contributed by atoms with E-state index in [1.165, 1.54) is 0 Å². The van der Waals surface area contributed by atoms with Crippen LogP contribution in [-0.4, -0.2) is 125 Å². The number of unbranched alkanes of at least 4 members (excludes halogenated alkanes) is 1. The minimum Gasteiger partial charge on any atom is -0.463 e. The Bertz CT molecular complexity index is 1230. The van der Waals surface area contributed by atoms with Crippen molar-refractivity contribution in [2.24, 2.45) is 5.92 Å². The van der Waals surface area contributed by atoms with Crippen LogP contribution in [0.4, 0.5) is 0 Å². The van der Waals surface area contributed by atoms with Crippen molar-refractivity contribution in [2.75, 3.05) is 119 Å². The maximum absolute atomic E-state index is 12.1. The van der Waals surface area contributed by atoms with Gasteiger partial charge in [0, 0.05) is 0 Å². The summed E-state index contributed by atoms with van der Waals surface area (Å²) >= 11 is 0. The molecule has 0 saturated heterocycles. The van der Waals surface area contributed by atoms with E-state index >= 15 is 0 Å². The first-order chi connectivity index (χ1) is 27.7. The second-order valence-electron chi connectivity index (χ2n) is 12.9. The highest BCUT2D eigenvalue weighted by atomic mass is 16.6. The van der Waals surface area contributed by atoms with Crippen LogP contribution in [0, 0.1) is 5.92 Å². The lowest BCUT2D eigenvalue weighted by molar-refractivity contribution is -0.150. The first kappa shape index (κ1) is 47.1. The van der Waals surface area contributed by atoms with Crippen LogP contribution >= 0.6 is 0 Å². The molecule has 0 aromatic heterocycles. The van der Waals surface area contributed by atoms with Crippen LogP contribution < -0.4 is 0 Å². The molecule has 1 atom stereocenters. The summed E-state index contributed by atoms with van der Waals surface area (Å²) in [7, 11) is 0. The van der Waals surface area contributed by atoms with Gasteiger partial charge in [0.05, 0.1) is 118 Å². The van der Waals surface area contributed by atoms with Crippen LogP contribution in [-0.2, 0) is 57.8 Å². The van der Waals surface area contributed by atoms with Gasteiger partial charge in [-0.3, -0.25) is 4.79 Å². The fourth-order valence-corrected chi connectivity index (χ4v) is 5.92. The summed E-state index contributed by atoms with van der Waals surface area (Å²) in [5.41, 5.74) is 2.44. The van der Waals surface area contributed by atoms with Crippen molar-refractivity contribution < 1.29 is 52.2 Å². The molecule has 0 N–H and O–H groups in total. The first-order valence-electron chi connectivity index (χ1n) is 20.3. The van der Waals surface area contributed by atoms with Crippen LogP contribution in [0.5, 0.6) is 0 Å². The van der Waals surface area contributed by atoms with Crippen molar-refractivity contribution in [3.8, 4) is 0 Å². The molecule has 0 aliphatic rings. The van der Waals surface area contributed by atoms with Gasteiger partial charge in [-0.1, -0.05) is 118 Å². The molecule has 0 aliphatic carbocycles. The van der Waals surface area contributed by atoms with E-state index in [1.807, 2.05) is 61.5 Å². The molecule has 0 amide bonds. The Morgan fingerprint density at radius 1 is 0.446 bits per heavy atom. The van der Waals surface area contributed by atoms with Gasteiger partial charge in [-0.15, -0.1) is 0 Å². The summed E-state index contributed by atoms with van der Waals surface area (Å²) in [4.78, 5) is 12.1. The van der Waals surface area contributed by atoms with Crippen molar-refractivity contribution in [1.82, 2.24) is 0 Å². The second kappa shape index (κ2) is 31.8. The fourth-order valence-electron chi connectivity index (χ4n) is 5.92. The number of ether oxygens (including phenoxy) is 10. The molecular formula is C45H66O11. The molecule has 0 spiro atoms. The average Bonchev–Trinajstić information content (AvgIpc) is 3.24. The Kier molecular flexibility index (Phi) is 26.8. The first-order valence-corrected chi connectivity index (χ1v) is 20.3. The molecule has 0 fully saturated rings. The molecule has 11 heteroatoms. The third-order valence-electron chi connectivity index (χ3n) is 8.90. The standard InChI is InChI=1S/C45H66O11/c1-3-5-15-40(4-2)44(46)55-38-36-53-34-32-51-30-28-49-26-24-47-22-23-48-25-27-50-29-31-52-33-35-54-37-39-56-45(41-16-9-6-10-17-41,42-18-11-7-12-19-42)43-20-13-8-14-21-43/h6-14,16-21,40H,3-5,15,22-39H2,1-2H3. The molecule has 1 unspecified atom stereocenters. The van der Waals surface area contributed by atoms with E-state index in [-0.39, 0.29) is 18.5 Å². The maximum atomic E-state index is 12.1. The number of carbonyl (C=O) groups excluding carboxylic acids is 1. The highest BCUT2D eigenvalue weighted by Gasteiger charge is 2.37. The zero-order valence-electron chi connectivity index (χ0n) is 33.8. The van der Waals surface area contributed by atoms with Gasteiger partial charge in [-0.2, -0.15) is 0 Å². The Morgan fingerprint density at radius 2 is 0.750 bits per heavy atom. The lowest BCUT2D eigenvalue weighted by Gasteiger charge is -2.36. The number of carbonyl (C=O) groups is 1. The van der Waals surface area contributed by atoms with E-state index in [4.69, 9.17) is 47.4 Å². The summed E-state index contributed by atoms with van der Waals surface area (Å²) in [6, 6.07) is 31.0. The van der Waals surface area contributed by atoms with Crippen molar-refractivity contribution in [3.05, 3.63) is 108 Å². The van der Waals surface area contributed by atoms with Crippen LogP contribution in [0.15, 0.2) is 91.0 Å². The van der Waals surface area contributed by atoms with Gasteiger partial charge in [0.25, 0.3) is 0 Å². The summed E-state index contributed by atoms with van der Waals surface area (Å²) < 4.78 is 56.7. The summed E-state index contributed by atoms with van der Waals surface area (Å²) in [5.74, 6) is -0.128. The summed E-state index contributed by atoms with van der Waals surface area (Å²) in [5, 5.41) is 0. The van der Waals surface area contributed by atoms with Gasteiger partial charge < -0.3 is 47.4 Å². The van der Waals surface area contributed by atoms with Gasteiger partial charge in [-0.25, -0.2) is 0 Å².